The molecule has 1 aliphatic rings. The minimum Gasteiger partial charge on any atom is -0.321 e. The van der Waals surface area contributed by atoms with Crippen LogP contribution in [0.15, 0.2) is 60.7 Å². The average Bonchev–Trinajstić information content (AvgIpc) is 2.78. The lowest BCUT2D eigenvalue weighted by Crippen LogP contribution is -2.35. The largest absolute Gasteiger partial charge is 0.321 e. The van der Waals surface area contributed by atoms with Crippen LogP contribution in [-0.4, -0.2) is 18.4 Å². The molecule has 0 aliphatic carbocycles. The zero-order valence-electron chi connectivity index (χ0n) is 19.2. The summed E-state index contributed by atoms with van der Waals surface area (Å²) in [6, 6.07) is 19.5. The highest BCUT2D eigenvalue weighted by molar-refractivity contribution is 6.08. The molecule has 0 atom stereocenters. The van der Waals surface area contributed by atoms with Gasteiger partial charge in [-0.1, -0.05) is 49.7 Å². The third-order valence-corrected chi connectivity index (χ3v) is 6.14. The molecule has 0 bridgehead atoms. The van der Waals surface area contributed by atoms with Gasteiger partial charge in [0.15, 0.2) is 0 Å². The number of hydrogen-bond donors (Lipinski definition) is 1. The summed E-state index contributed by atoms with van der Waals surface area (Å²) in [6.45, 7) is 8.95. The molecule has 3 aromatic rings. The third-order valence-electron chi connectivity index (χ3n) is 6.14. The Morgan fingerprint density at radius 2 is 1.72 bits per heavy atom. The summed E-state index contributed by atoms with van der Waals surface area (Å²) in [4.78, 5) is 28.1. The normalized spacial score (nSPS) is 13.1. The standard InChI is InChI=1S/C28H30N2O2/c1-18(2)24-12-6-9-20(4)26(24)29-27(31)22-13-14-25-21(17-22)11-7-15-30(25)28(32)23-10-5-8-19(3)16-23/h5-6,8-10,12-14,16-18H,7,11,15H2,1-4H3,(H,29,31). The summed E-state index contributed by atoms with van der Waals surface area (Å²) in [7, 11) is 0. The Morgan fingerprint density at radius 1 is 0.938 bits per heavy atom. The number of hydrogen-bond acceptors (Lipinski definition) is 2. The molecular formula is C28H30N2O2. The van der Waals surface area contributed by atoms with Crippen LogP contribution in [0.25, 0.3) is 0 Å². The highest BCUT2D eigenvalue weighted by Gasteiger charge is 2.25. The lowest BCUT2D eigenvalue weighted by Gasteiger charge is -2.30. The molecule has 0 radical (unpaired) electrons. The number of carbonyl (C=O) groups is 2. The topological polar surface area (TPSA) is 49.4 Å². The smallest absolute Gasteiger partial charge is 0.258 e. The van der Waals surface area contributed by atoms with E-state index in [9.17, 15) is 9.59 Å². The zero-order valence-corrected chi connectivity index (χ0v) is 19.2. The second-order valence-electron chi connectivity index (χ2n) is 8.92. The Bertz CT molecular complexity index is 1180. The van der Waals surface area contributed by atoms with E-state index in [-0.39, 0.29) is 11.8 Å². The van der Waals surface area contributed by atoms with Gasteiger partial charge in [-0.15, -0.1) is 0 Å². The lowest BCUT2D eigenvalue weighted by atomic mass is 9.96. The molecule has 32 heavy (non-hydrogen) atoms. The molecule has 0 spiro atoms. The molecule has 0 saturated heterocycles. The lowest BCUT2D eigenvalue weighted by molar-refractivity contribution is 0.0984. The van der Waals surface area contributed by atoms with Crippen molar-refractivity contribution in [2.75, 3.05) is 16.8 Å². The van der Waals surface area contributed by atoms with Crippen molar-refractivity contribution in [3.63, 3.8) is 0 Å². The Balaban J connectivity index is 1.61. The maximum atomic E-state index is 13.2. The summed E-state index contributed by atoms with van der Waals surface area (Å²) < 4.78 is 0. The van der Waals surface area contributed by atoms with Gasteiger partial charge in [0.2, 0.25) is 0 Å². The Labute approximate surface area is 190 Å². The van der Waals surface area contributed by atoms with Crippen molar-refractivity contribution in [2.24, 2.45) is 0 Å². The average molecular weight is 427 g/mol. The first-order valence-corrected chi connectivity index (χ1v) is 11.3. The number of anilines is 2. The van der Waals surface area contributed by atoms with Crippen molar-refractivity contribution in [3.05, 3.63) is 94.0 Å². The maximum Gasteiger partial charge on any atom is 0.258 e. The monoisotopic (exact) mass is 426 g/mol. The second kappa shape index (κ2) is 8.99. The van der Waals surface area contributed by atoms with E-state index in [1.54, 1.807) is 0 Å². The van der Waals surface area contributed by atoms with E-state index in [1.807, 2.05) is 73.3 Å². The Kier molecular flexibility index (Phi) is 6.13. The molecule has 1 heterocycles. The van der Waals surface area contributed by atoms with Gasteiger partial charge in [0.1, 0.15) is 0 Å². The molecule has 4 heteroatoms. The van der Waals surface area contributed by atoms with Gasteiger partial charge in [0, 0.05) is 29.0 Å². The molecule has 0 aromatic heterocycles. The SMILES string of the molecule is Cc1cccc(C(=O)N2CCCc3cc(C(=O)Nc4c(C)cccc4C(C)C)ccc32)c1. The molecule has 2 amide bonds. The quantitative estimate of drug-likeness (QED) is 0.534. The van der Waals surface area contributed by atoms with Crippen LogP contribution in [0, 0.1) is 13.8 Å². The molecule has 0 unspecified atom stereocenters. The summed E-state index contributed by atoms with van der Waals surface area (Å²) in [6.07, 6.45) is 1.74. The van der Waals surface area contributed by atoms with Gasteiger partial charge < -0.3 is 10.2 Å². The molecule has 0 fully saturated rings. The minimum absolute atomic E-state index is 0.00772. The van der Waals surface area contributed by atoms with Crippen molar-refractivity contribution in [1.82, 2.24) is 0 Å². The molecule has 1 N–H and O–H groups in total. The van der Waals surface area contributed by atoms with E-state index >= 15 is 0 Å². The number of carbonyl (C=O) groups excluding carboxylic acids is 2. The van der Waals surface area contributed by atoms with E-state index in [4.69, 9.17) is 0 Å². The van der Waals surface area contributed by atoms with Crippen LogP contribution < -0.4 is 10.2 Å². The van der Waals surface area contributed by atoms with Crippen molar-refractivity contribution in [2.45, 2.75) is 46.5 Å². The van der Waals surface area contributed by atoms with Crippen LogP contribution in [0.5, 0.6) is 0 Å². The molecule has 4 nitrogen and oxygen atoms in total. The number of rotatable bonds is 4. The fourth-order valence-electron chi connectivity index (χ4n) is 4.41. The minimum atomic E-state index is -0.119. The fourth-order valence-corrected chi connectivity index (χ4v) is 4.41. The molecule has 164 valence electrons. The van der Waals surface area contributed by atoms with Crippen LogP contribution in [0.4, 0.5) is 11.4 Å². The number of amides is 2. The van der Waals surface area contributed by atoms with E-state index in [1.165, 1.54) is 0 Å². The molecule has 4 rings (SSSR count). The van der Waals surface area contributed by atoms with Gasteiger partial charge in [-0.2, -0.15) is 0 Å². The van der Waals surface area contributed by atoms with Crippen molar-refractivity contribution in [1.29, 1.82) is 0 Å². The molecular weight excluding hydrogens is 396 g/mol. The third kappa shape index (κ3) is 4.31. The van der Waals surface area contributed by atoms with Gasteiger partial charge in [-0.3, -0.25) is 9.59 Å². The van der Waals surface area contributed by atoms with E-state index in [0.717, 1.165) is 46.5 Å². The highest BCUT2D eigenvalue weighted by atomic mass is 16.2. The van der Waals surface area contributed by atoms with Gasteiger partial charge in [-0.25, -0.2) is 0 Å². The number of aryl methyl sites for hydroxylation is 3. The summed E-state index contributed by atoms with van der Waals surface area (Å²) in [5.41, 5.74) is 7.39. The van der Waals surface area contributed by atoms with Crippen LogP contribution in [0.3, 0.4) is 0 Å². The van der Waals surface area contributed by atoms with Gasteiger partial charge in [0.25, 0.3) is 11.8 Å². The van der Waals surface area contributed by atoms with Gasteiger partial charge >= 0.3 is 0 Å². The second-order valence-corrected chi connectivity index (χ2v) is 8.92. The predicted molar refractivity (Wildman–Crippen MR) is 131 cm³/mol. The van der Waals surface area contributed by atoms with Crippen LogP contribution in [0.2, 0.25) is 0 Å². The van der Waals surface area contributed by atoms with Crippen molar-refractivity contribution < 1.29 is 9.59 Å². The van der Waals surface area contributed by atoms with Crippen LogP contribution in [0.1, 0.15) is 69.2 Å². The molecule has 1 aliphatic heterocycles. The number of benzene rings is 3. The van der Waals surface area contributed by atoms with E-state index in [2.05, 4.69) is 25.2 Å². The van der Waals surface area contributed by atoms with Gasteiger partial charge in [-0.05, 0) is 79.6 Å². The summed E-state index contributed by atoms with van der Waals surface area (Å²) in [5.74, 6) is 0.203. The zero-order chi connectivity index (χ0) is 22.8. The van der Waals surface area contributed by atoms with Crippen LogP contribution in [-0.2, 0) is 6.42 Å². The maximum absolute atomic E-state index is 13.2. The first kappa shape index (κ1) is 21.8. The first-order valence-electron chi connectivity index (χ1n) is 11.3. The summed E-state index contributed by atoms with van der Waals surface area (Å²) in [5, 5.41) is 3.13. The van der Waals surface area contributed by atoms with E-state index < -0.39 is 0 Å². The molecule has 3 aromatic carbocycles. The van der Waals surface area contributed by atoms with Gasteiger partial charge in [0.05, 0.1) is 0 Å². The Morgan fingerprint density at radius 3 is 2.47 bits per heavy atom. The molecule has 0 saturated carbocycles. The van der Waals surface area contributed by atoms with Crippen molar-refractivity contribution >= 4 is 23.2 Å². The number of para-hydroxylation sites is 1. The predicted octanol–water partition coefficient (Wildman–Crippen LogP) is 6.27. The summed E-state index contributed by atoms with van der Waals surface area (Å²) >= 11 is 0. The number of fused-ring (bicyclic) bond motifs is 1. The van der Waals surface area contributed by atoms with Crippen LogP contribution >= 0.6 is 0 Å². The van der Waals surface area contributed by atoms with E-state index in [0.29, 0.717) is 23.6 Å². The number of nitrogens with one attached hydrogen (secondary N) is 1. The first-order chi connectivity index (χ1) is 15.3. The number of nitrogens with zero attached hydrogens (tertiary/aromatic N) is 1. The van der Waals surface area contributed by atoms with Crippen molar-refractivity contribution in [3.8, 4) is 0 Å². The Hall–Kier alpha value is -3.40. The highest BCUT2D eigenvalue weighted by Crippen LogP contribution is 2.31. The fraction of sp³-hybridized carbons (Fsp3) is 0.286.